The van der Waals surface area contributed by atoms with E-state index in [4.69, 9.17) is 23.7 Å². The fraction of sp³-hybridized carbons (Fsp3) is 0.868. The van der Waals surface area contributed by atoms with E-state index < -0.39 is 37.3 Å². The summed E-state index contributed by atoms with van der Waals surface area (Å²) in [6.45, 7) is 6.16. The third-order valence-corrected chi connectivity index (χ3v) is 8.77. The smallest absolute Gasteiger partial charge is 0.306 e. The van der Waals surface area contributed by atoms with Gasteiger partial charge in [-0.25, -0.2) is 0 Å². The van der Waals surface area contributed by atoms with Gasteiger partial charge < -0.3 is 33.9 Å². The number of carbonyl (C=O) groups excluding carboxylic acids is 1. The number of carbonyl (C=O) groups is 1. The van der Waals surface area contributed by atoms with E-state index in [1.54, 1.807) is 20.1 Å². The Hall–Kier alpha value is -1.45. The summed E-state index contributed by atoms with van der Waals surface area (Å²) < 4.78 is 29.2. The van der Waals surface area contributed by atoms with Crippen LogP contribution in [0.4, 0.5) is 0 Å². The molecule has 270 valence electrons. The van der Waals surface area contributed by atoms with Crippen molar-refractivity contribution in [1.29, 1.82) is 0 Å². The lowest BCUT2D eigenvalue weighted by molar-refractivity contribution is -0.299. The first kappa shape index (κ1) is 42.6. The second-order valence-corrected chi connectivity index (χ2v) is 12.8. The van der Waals surface area contributed by atoms with Gasteiger partial charge >= 0.3 is 5.97 Å². The molecule has 1 aliphatic heterocycles. The van der Waals surface area contributed by atoms with E-state index in [-0.39, 0.29) is 18.5 Å². The summed E-state index contributed by atoms with van der Waals surface area (Å²) >= 11 is 0. The number of ether oxygens (including phenoxy) is 5. The molecule has 1 fully saturated rings. The van der Waals surface area contributed by atoms with Gasteiger partial charge in [0.1, 0.15) is 18.3 Å². The summed E-state index contributed by atoms with van der Waals surface area (Å²) in [5, 5.41) is 20.9. The number of hydrogen-bond acceptors (Lipinski definition) is 8. The Bertz CT molecular complexity index is 757. The topological polar surface area (TPSA) is 104 Å². The van der Waals surface area contributed by atoms with Crippen LogP contribution >= 0.6 is 0 Å². The Labute approximate surface area is 281 Å². The lowest BCUT2D eigenvalue weighted by Gasteiger charge is -2.42. The molecule has 0 aromatic rings. The standard InChI is InChI=1S/C38H70O8/c1-5-8-10-12-13-14-15-16-17-18-19-20-21-23-25-27-34(40)46-37-36(35(41)33(31-39)45-38(37)44-29-7-3)43-30-28-32(42-4)26-24-22-11-9-6-2/h7,14-15,29,32-33,35-39,41H,5-6,8-13,16-28,30-31H2,1-4H3/b15-14-,29-7+/t32-,33-,35-,36+,37-,38?/m1/s1. The zero-order valence-corrected chi connectivity index (χ0v) is 29.9. The van der Waals surface area contributed by atoms with Gasteiger partial charge in [-0.1, -0.05) is 116 Å². The third-order valence-electron chi connectivity index (χ3n) is 8.77. The molecular weight excluding hydrogens is 584 g/mol. The van der Waals surface area contributed by atoms with Crippen LogP contribution in [0.15, 0.2) is 24.5 Å². The molecule has 0 saturated carbocycles. The molecule has 8 nitrogen and oxygen atoms in total. The molecule has 8 heteroatoms. The van der Waals surface area contributed by atoms with E-state index in [1.165, 1.54) is 96.2 Å². The average molecular weight is 655 g/mol. The number of hydrogen-bond donors (Lipinski definition) is 2. The Balaban J connectivity index is 2.48. The number of allylic oxidation sites excluding steroid dienone is 3. The van der Waals surface area contributed by atoms with Crippen LogP contribution in [0.3, 0.4) is 0 Å². The van der Waals surface area contributed by atoms with Crippen molar-refractivity contribution in [3.63, 3.8) is 0 Å². The normalized spacial score (nSPS) is 22.5. The van der Waals surface area contributed by atoms with Crippen molar-refractivity contribution < 1.29 is 38.7 Å². The highest BCUT2D eigenvalue weighted by atomic mass is 16.7. The van der Waals surface area contributed by atoms with Crippen LogP contribution in [-0.4, -0.2) is 73.3 Å². The summed E-state index contributed by atoms with van der Waals surface area (Å²) in [4.78, 5) is 12.9. The highest BCUT2D eigenvalue weighted by Gasteiger charge is 2.49. The second kappa shape index (κ2) is 29.7. The molecule has 0 spiro atoms. The van der Waals surface area contributed by atoms with Gasteiger partial charge in [-0.2, -0.15) is 0 Å². The molecule has 1 heterocycles. The molecule has 0 aromatic carbocycles. The summed E-state index contributed by atoms with van der Waals surface area (Å²) in [5.41, 5.74) is 0. The molecule has 1 unspecified atom stereocenters. The molecule has 0 aromatic heterocycles. The Morgan fingerprint density at radius 1 is 0.804 bits per heavy atom. The van der Waals surface area contributed by atoms with Crippen molar-refractivity contribution in [2.45, 2.75) is 192 Å². The van der Waals surface area contributed by atoms with Crippen molar-refractivity contribution in [2.75, 3.05) is 20.3 Å². The lowest BCUT2D eigenvalue weighted by atomic mass is 9.98. The largest absolute Gasteiger partial charge is 0.469 e. The Morgan fingerprint density at radius 3 is 2.00 bits per heavy atom. The number of esters is 1. The van der Waals surface area contributed by atoms with E-state index in [9.17, 15) is 15.0 Å². The number of unbranched alkanes of at least 4 members (excludes halogenated alkanes) is 15. The van der Waals surface area contributed by atoms with E-state index in [0.717, 1.165) is 32.1 Å². The van der Waals surface area contributed by atoms with Crippen molar-refractivity contribution in [1.82, 2.24) is 0 Å². The van der Waals surface area contributed by atoms with Gasteiger partial charge in [-0.05, 0) is 51.9 Å². The molecule has 2 N–H and O–H groups in total. The molecule has 0 radical (unpaired) electrons. The summed E-state index contributed by atoms with van der Waals surface area (Å²) in [6.07, 6.45) is 26.2. The number of methoxy groups -OCH3 is 1. The van der Waals surface area contributed by atoms with Crippen LogP contribution in [0.25, 0.3) is 0 Å². The van der Waals surface area contributed by atoms with Crippen molar-refractivity contribution >= 4 is 5.97 Å². The zero-order chi connectivity index (χ0) is 33.7. The fourth-order valence-corrected chi connectivity index (χ4v) is 5.87. The van der Waals surface area contributed by atoms with E-state index in [2.05, 4.69) is 26.0 Å². The quantitative estimate of drug-likeness (QED) is 0.0343. The number of rotatable bonds is 30. The molecule has 1 rings (SSSR count). The van der Waals surface area contributed by atoms with Gasteiger partial charge in [0, 0.05) is 20.1 Å². The van der Waals surface area contributed by atoms with Crippen LogP contribution in [-0.2, 0) is 28.5 Å². The predicted octanol–water partition coefficient (Wildman–Crippen LogP) is 8.71. The molecule has 0 aliphatic carbocycles. The molecule has 1 saturated heterocycles. The molecule has 46 heavy (non-hydrogen) atoms. The van der Waals surface area contributed by atoms with Gasteiger partial charge in [0.2, 0.25) is 6.29 Å². The molecular formula is C38H70O8. The van der Waals surface area contributed by atoms with Crippen LogP contribution < -0.4 is 0 Å². The SMILES string of the molecule is C/C=C/OC1O[C@H](CO)[C@@H](O)[C@H](OCC[C@@H](CCCCCCC)OC)[C@H]1OC(=O)CCCCCCCCC/C=C\CCCCCC. The van der Waals surface area contributed by atoms with Crippen molar-refractivity contribution in [2.24, 2.45) is 0 Å². The van der Waals surface area contributed by atoms with Gasteiger partial charge in [0.15, 0.2) is 6.10 Å². The van der Waals surface area contributed by atoms with Gasteiger partial charge in [-0.15, -0.1) is 0 Å². The number of aliphatic hydroxyl groups is 2. The second-order valence-electron chi connectivity index (χ2n) is 12.8. The van der Waals surface area contributed by atoms with Gasteiger partial charge in [0.05, 0.1) is 19.0 Å². The third kappa shape index (κ3) is 20.0. The summed E-state index contributed by atoms with van der Waals surface area (Å²) in [7, 11) is 1.71. The highest BCUT2D eigenvalue weighted by Crippen LogP contribution is 2.28. The molecule has 0 amide bonds. The minimum atomic E-state index is -1.18. The highest BCUT2D eigenvalue weighted by molar-refractivity contribution is 5.69. The molecule has 1 aliphatic rings. The number of aliphatic hydroxyl groups excluding tert-OH is 2. The van der Waals surface area contributed by atoms with E-state index >= 15 is 0 Å². The maximum atomic E-state index is 12.9. The minimum Gasteiger partial charge on any atom is -0.469 e. The molecule has 0 bridgehead atoms. The lowest BCUT2D eigenvalue weighted by Crippen LogP contribution is -2.61. The monoisotopic (exact) mass is 655 g/mol. The minimum absolute atomic E-state index is 0.0465. The predicted molar refractivity (Wildman–Crippen MR) is 186 cm³/mol. The van der Waals surface area contributed by atoms with E-state index in [0.29, 0.717) is 13.0 Å². The van der Waals surface area contributed by atoms with Crippen molar-refractivity contribution in [3.8, 4) is 0 Å². The Morgan fingerprint density at radius 2 is 1.39 bits per heavy atom. The molecule has 6 atom stereocenters. The maximum absolute atomic E-state index is 12.9. The Kier molecular flexibility index (Phi) is 27.5. The van der Waals surface area contributed by atoms with Gasteiger partial charge in [-0.3, -0.25) is 4.79 Å². The first-order chi connectivity index (χ1) is 22.5. The van der Waals surface area contributed by atoms with Crippen LogP contribution in [0, 0.1) is 0 Å². The van der Waals surface area contributed by atoms with E-state index in [1.807, 2.05) is 0 Å². The first-order valence-corrected chi connectivity index (χ1v) is 18.7. The fourth-order valence-electron chi connectivity index (χ4n) is 5.87. The summed E-state index contributed by atoms with van der Waals surface area (Å²) in [6, 6.07) is 0. The summed E-state index contributed by atoms with van der Waals surface area (Å²) in [5.74, 6) is -0.366. The average Bonchev–Trinajstić information content (AvgIpc) is 3.06. The van der Waals surface area contributed by atoms with Gasteiger partial charge in [0.25, 0.3) is 0 Å². The van der Waals surface area contributed by atoms with Crippen LogP contribution in [0.1, 0.15) is 156 Å². The van der Waals surface area contributed by atoms with Crippen LogP contribution in [0.5, 0.6) is 0 Å². The van der Waals surface area contributed by atoms with Crippen molar-refractivity contribution in [3.05, 3.63) is 24.5 Å². The van der Waals surface area contributed by atoms with Crippen LogP contribution in [0.2, 0.25) is 0 Å². The first-order valence-electron chi connectivity index (χ1n) is 18.7. The zero-order valence-electron chi connectivity index (χ0n) is 29.9. The maximum Gasteiger partial charge on any atom is 0.306 e.